The van der Waals surface area contributed by atoms with E-state index in [0.717, 1.165) is 17.3 Å². The SMILES string of the molecule is NS(=O)(=O)c1ccc(NC(=O)COc2ccccc2/C=C2\S/C(=N/N=C\c3cccnc3)N(Cc3ccco3)C2=O)cc1. The summed E-state index contributed by atoms with van der Waals surface area (Å²) in [6.45, 7) is -0.174. The second-order valence-corrected chi connectivity index (χ2v) is 11.5. The van der Waals surface area contributed by atoms with Crippen LogP contribution in [0.4, 0.5) is 5.69 Å². The average molecular weight is 617 g/mol. The summed E-state index contributed by atoms with van der Waals surface area (Å²) in [5, 5.41) is 16.5. The molecule has 12 nitrogen and oxygen atoms in total. The van der Waals surface area contributed by atoms with E-state index < -0.39 is 15.9 Å². The van der Waals surface area contributed by atoms with Crippen molar-refractivity contribution in [2.24, 2.45) is 15.3 Å². The molecule has 2 aromatic heterocycles. The van der Waals surface area contributed by atoms with Crippen LogP contribution in [0.5, 0.6) is 5.75 Å². The van der Waals surface area contributed by atoms with Crippen LogP contribution in [0, 0.1) is 0 Å². The number of pyridine rings is 1. The number of hydrogen-bond donors (Lipinski definition) is 2. The maximum Gasteiger partial charge on any atom is 0.267 e. The zero-order valence-corrected chi connectivity index (χ0v) is 24.0. The molecule has 1 aliphatic rings. The van der Waals surface area contributed by atoms with Gasteiger partial charge in [-0.3, -0.25) is 19.5 Å². The van der Waals surface area contributed by atoms with Crippen LogP contribution in [0.3, 0.4) is 0 Å². The molecular formula is C29H24N6O6S2. The van der Waals surface area contributed by atoms with Crippen LogP contribution in [-0.4, -0.2) is 48.1 Å². The van der Waals surface area contributed by atoms with E-state index in [0.29, 0.717) is 32.8 Å². The maximum absolute atomic E-state index is 13.4. The fourth-order valence-corrected chi connectivity index (χ4v) is 5.26. The summed E-state index contributed by atoms with van der Waals surface area (Å²) >= 11 is 1.15. The molecule has 2 amide bonds. The van der Waals surface area contributed by atoms with Crippen molar-refractivity contribution in [3.05, 3.63) is 113 Å². The summed E-state index contributed by atoms with van der Waals surface area (Å²) in [5.74, 6) is 0.184. The molecule has 0 saturated carbocycles. The number of furan rings is 1. The molecule has 0 aliphatic carbocycles. The highest BCUT2D eigenvalue weighted by molar-refractivity contribution is 8.18. The highest BCUT2D eigenvalue weighted by atomic mass is 32.2. The largest absolute Gasteiger partial charge is 0.483 e. The Morgan fingerprint density at radius 1 is 1.09 bits per heavy atom. The Labute approximate surface area is 251 Å². The Hall–Kier alpha value is -5.05. The van der Waals surface area contributed by atoms with Gasteiger partial charge >= 0.3 is 0 Å². The zero-order chi connectivity index (χ0) is 30.2. The minimum atomic E-state index is -3.84. The fourth-order valence-electron chi connectivity index (χ4n) is 3.82. The van der Waals surface area contributed by atoms with E-state index >= 15 is 0 Å². The molecule has 43 heavy (non-hydrogen) atoms. The van der Waals surface area contributed by atoms with Gasteiger partial charge in [0.05, 0.1) is 28.8 Å². The lowest BCUT2D eigenvalue weighted by Crippen LogP contribution is -2.28. The number of amidine groups is 1. The molecule has 1 saturated heterocycles. The van der Waals surface area contributed by atoms with Gasteiger partial charge in [0.2, 0.25) is 10.0 Å². The van der Waals surface area contributed by atoms with Gasteiger partial charge in [-0.2, -0.15) is 5.10 Å². The number of hydrogen-bond acceptors (Lipinski definition) is 10. The number of thioether (sulfide) groups is 1. The summed E-state index contributed by atoms with van der Waals surface area (Å²) in [6.07, 6.45) is 8.03. The van der Waals surface area contributed by atoms with E-state index in [-0.39, 0.29) is 24.0 Å². The minimum Gasteiger partial charge on any atom is -0.483 e. The van der Waals surface area contributed by atoms with Crippen molar-refractivity contribution in [2.45, 2.75) is 11.4 Å². The van der Waals surface area contributed by atoms with Crippen LogP contribution in [0.15, 0.2) is 116 Å². The van der Waals surface area contributed by atoms with Gasteiger partial charge in [0.15, 0.2) is 11.8 Å². The van der Waals surface area contributed by atoms with Crippen molar-refractivity contribution in [3.63, 3.8) is 0 Å². The predicted octanol–water partition coefficient (Wildman–Crippen LogP) is 3.85. The summed E-state index contributed by atoms with van der Waals surface area (Å²) in [5.41, 5.74) is 1.70. The van der Waals surface area contributed by atoms with E-state index in [1.807, 2.05) is 6.07 Å². The monoisotopic (exact) mass is 616 g/mol. The molecule has 0 unspecified atom stereocenters. The Kier molecular flexibility index (Phi) is 9.10. The molecule has 3 N–H and O–H groups in total. The Bertz CT molecular complexity index is 1810. The van der Waals surface area contributed by atoms with Crippen molar-refractivity contribution in [2.75, 3.05) is 11.9 Å². The van der Waals surface area contributed by atoms with Gasteiger partial charge in [-0.15, -0.1) is 5.10 Å². The zero-order valence-electron chi connectivity index (χ0n) is 22.4. The quantitative estimate of drug-likeness (QED) is 0.154. The number of sulfonamides is 1. The molecule has 0 radical (unpaired) electrons. The second-order valence-electron chi connectivity index (χ2n) is 8.94. The molecule has 218 valence electrons. The topological polar surface area (TPSA) is 170 Å². The normalized spacial score (nSPS) is 15.5. The third-order valence-corrected chi connectivity index (χ3v) is 7.77. The van der Waals surface area contributed by atoms with Gasteiger partial charge in [-0.25, -0.2) is 13.6 Å². The Morgan fingerprint density at radius 2 is 1.91 bits per heavy atom. The van der Waals surface area contributed by atoms with Crippen molar-refractivity contribution in [3.8, 4) is 5.75 Å². The third kappa shape index (κ3) is 7.82. The van der Waals surface area contributed by atoms with Crippen molar-refractivity contribution in [1.29, 1.82) is 0 Å². The summed E-state index contributed by atoms with van der Waals surface area (Å²) < 4.78 is 34.1. The molecule has 0 atom stereocenters. The first-order valence-corrected chi connectivity index (χ1v) is 15.0. The molecule has 1 aliphatic heterocycles. The fraction of sp³-hybridized carbons (Fsp3) is 0.0690. The van der Waals surface area contributed by atoms with Gasteiger partial charge in [0.25, 0.3) is 11.8 Å². The summed E-state index contributed by atoms with van der Waals surface area (Å²) in [7, 11) is -3.84. The molecule has 2 aromatic carbocycles. The van der Waals surface area contributed by atoms with Gasteiger partial charge in [-0.1, -0.05) is 24.3 Å². The Balaban J connectivity index is 1.31. The number of nitrogens with zero attached hydrogens (tertiary/aromatic N) is 4. The van der Waals surface area contributed by atoms with E-state index in [1.54, 1.807) is 67.1 Å². The number of carbonyl (C=O) groups excluding carboxylic acids is 2. The molecule has 5 rings (SSSR count). The van der Waals surface area contributed by atoms with Crippen molar-refractivity contribution >= 4 is 56.7 Å². The highest BCUT2D eigenvalue weighted by Crippen LogP contribution is 2.35. The molecule has 14 heteroatoms. The first kappa shape index (κ1) is 29.4. The van der Waals surface area contributed by atoms with E-state index in [1.165, 1.54) is 35.4 Å². The first-order valence-electron chi connectivity index (χ1n) is 12.7. The number of anilines is 1. The van der Waals surface area contributed by atoms with Crippen LogP contribution in [-0.2, 0) is 26.2 Å². The molecule has 0 spiro atoms. The van der Waals surface area contributed by atoms with Crippen molar-refractivity contribution in [1.82, 2.24) is 9.88 Å². The number of aromatic nitrogens is 1. The van der Waals surface area contributed by atoms with Crippen LogP contribution < -0.4 is 15.2 Å². The van der Waals surface area contributed by atoms with Crippen LogP contribution in [0.1, 0.15) is 16.9 Å². The van der Waals surface area contributed by atoms with Gasteiger partial charge in [0, 0.05) is 29.2 Å². The van der Waals surface area contributed by atoms with Crippen LogP contribution in [0.25, 0.3) is 6.08 Å². The number of para-hydroxylation sites is 1. The number of primary sulfonamides is 1. The van der Waals surface area contributed by atoms with Crippen LogP contribution in [0.2, 0.25) is 0 Å². The lowest BCUT2D eigenvalue weighted by atomic mass is 10.2. The third-order valence-electron chi connectivity index (χ3n) is 5.85. The van der Waals surface area contributed by atoms with Crippen LogP contribution >= 0.6 is 11.8 Å². The van der Waals surface area contributed by atoms with Gasteiger partial charge in [0.1, 0.15) is 11.5 Å². The minimum absolute atomic E-state index is 0.0701. The molecule has 4 aromatic rings. The number of ether oxygens (including phenoxy) is 1. The molecule has 3 heterocycles. The molecule has 1 fully saturated rings. The van der Waals surface area contributed by atoms with E-state index in [9.17, 15) is 18.0 Å². The standard InChI is InChI=1S/C29H24N6O6S2/c30-43(38,39)24-11-9-22(10-12-24)33-27(36)19-41-25-8-2-1-6-21(25)15-26-28(37)35(18-23-7-4-14-40-23)29(42-26)34-32-17-20-5-3-13-31-16-20/h1-17H,18-19H2,(H,33,36)(H2,30,38,39)/b26-15-,32-17-,34-29+. The lowest BCUT2D eigenvalue weighted by Gasteiger charge is -2.12. The number of amides is 2. The van der Waals surface area contributed by atoms with E-state index in [4.69, 9.17) is 14.3 Å². The lowest BCUT2D eigenvalue weighted by molar-refractivity contribution is -0.122. The number of nitrogens with two attached hydrogens (primary N) is 1. The average Bonchev–Trinajstić information content (AvgIpc) is 3.61. The number of carbonyl (C=O) groups is 2. The Morgan fingerprint density at radius 3 is 2.63 bits per heavy atom. The van der Waals surface area contributed by atoms with Gasteiger partial charge in [-0.05, 0) is 66.4 Å². The highest BCUT2D eigenvalue weighted by Gasteiger charge is 2.34. The smallest absolute Gasteiger partial charge is 0.267 e. The first-order chi connectivity index (χ1) is 20.8. The number of rotatable bonds is 10. The predicted molar refractivity (Wildman–Crippen MR) is 162 cm³/mol. The van der Waals surface area contributed by atoms with Crippen molar-refractivity contribution < 1.29 is 27.2 Å². The number of benzene rings is 2. The van der Waals surface area contributed by atoms with E-state index in [2.05, 4.69) is 20.5 Å². The maximum atomic E-state index is 13.4. The summed E-state index contributed by atoms with van der Waals surface area (Å²) in [4.78, 5) is 31.8. The molecule has 0 bridgehead atoms. The summed E-state index contributed by atoms with van der Waals surface area (Å²) in [6, 6.07) is 19.5. The van der Waals surface area contributed by atoms with Gasteiger partial charge < -0.3 is 14.5 Å². The number of nitrogens with one attached hydrogen (secondary N) is 1. The second kappa shape index (κ2) is 13.3. The molecular weight excluding hydrogens is 592 g/mol.